The highest BCUT2D eigenvalue weighted by Gasteiger charge is 2.29. The number of sulfonamides is 1. The lowest BCUT2D eigenvalue weighted by Gasteiger charge is -2.26. The Morgan fingerprint density at radius 3 is 2.32 bits per heavy atom. The molecule has 0 atom stereocenters. The lowest BCUT2D eigenvalue weighted by atomic mass is 10.2. The minimum atomic E-state index is -4.03. The van der Waals surface area contributed by atoms with Crippen LogP contribution in [0.5, 0.6) is 5.75 Å². The molecule has 0 radical (unpaired) electrons. The number of nitrogens with one attached hydrogen (secondary N) is 1. The van der Waals surface area contributed by atoms with E-state index in [1.54, 1.807) is 54.6 Å². The number of halogens is 1. The SMILES string of the molecule is CCOc1ccccc1N(CC(=O)Nc1ccccc1Br)S(=O)(=O)c1ccc(C)cc1. The van der Waals surface area contributed by atoms with E-state index in [4.69, 9.17) is 4.74 Å². The van der Waals surface area contributed by atoms with Crippen LogP contribution < -0.4 is 14.4 Å². The number of hydrogen-bond acceptors (Lipinski definition) is 4. The molecule has 0 saturated heterocycles. The van der Waals surface area contributed by atoms with Crippen LogP contribution in [-0.2, 0) is 14.8 Å². The summed E-state index contributed by atoms with van der Waals surface area (Å²) in [6.07, 6.45) is 0. The maximum atomic E-state index is 13.5. The first-order valence-corrected chi connectivity index (χ1v) is 11.9. The Morgan fingerprint density at radius 2 is 1.65 bits per heavy atom. The predicted octanol–water partition coefficient (Wildman–Crippen LogP) is 4.99. The molecule has 0 unspecified atom stereocenters. The van der Waals surface area contributed by atoms with Crippen molar-refractivity contribution in [2.45, 2.75) is 18.7 Å². The number of ether oxygens (including phenoxy) is 1. The van der Waals surface area contributed by atoms with Gasteiger partial charge >= 0.3 is 0 Å². The normalized spacial score (nSPS) is 11.1. The molecule has 3 aromatic rings. The minimum absolute atomic E-state index is 0.0955. The van der Waals surface area contributed by atoms with Gasteiger partial charge in [-0.25, -0.2) is 8.42 Å². The van der Waals surface area contributed by atoms with Gasteiger partial charge in [0.15, 0.2) is 0 Å². The molecule has 0 fully saturated rings. The Kier molecular flexibility index (Phi) is 7.35. The summed E-state index contributed by atoms with van der Waals surface area (Å²) < 4.78 is 34.5. The van der Waals surface area contributed by atoms with E-state index >= 15 is 0 Å². The van der Waals surface area contributed by atoms with E-state index in [0.29, 0.717) is 28.2 Å². The van der Waals surface area contributed by atoms with Crippen LogP contribution in [0.25, 0.3) is 0 Å². The van der Waals surface area contributed by atoms with Gasteiger partial charge in [-0.05, 0) is 66.2 Å². The third-order valence-corrected chi connectivity index (χ3v) is 6.94. The molecule has 0 spiro atoms. The fraction of sp³-hybridized carbons (Fsp3) is 0.174. The molecule has 0 bridgehead atoms. The Labute approximate surface area is 191 Å². The van der Waals surface area contributed by atoms with E-state index in [2.05, 4.69) is 21.2 Å². The first-order valence-electron chi connectivity index (χ1n) is 9.68. The lowest BCUT2D eigenvalue weighted by molar-refractivity contribution is -0.114. The molecule has 0 saturated carbocycles. The zero-order chi connectivity index (χ0) is 22.4. The number of anilines is 2. The molecule has 0 aromatic heterocycles. The highest BCUT2D eigenvalue weighted by molar-refractivity contribution is 9.10. The lowest BCUT2D eigenvalue weighted by Crippen LogP contribution is -2.38. The maximum absolute atomic E-state index is 13.5. The second kappa shape index (κ2) is 9.98. The van der Waals surface area contributed by atoms with Crippen LogP contribution >= 0.6 is 15.9 Å². The summed E-state index contributed by atoms with van der Waals surface area (Å²) in [5.74, 6) is -0.0942. The number of amides is 1. The van der Waals surface area contributed by atoms with Crippen molar-refractivity contribution >= 4 is 43.2 Å². The molecule has 1 N–H and O–H groups in total. The summed E-state index contributed by atoms with van der Waals surface area (Å²) in [5.41, 5.74) is 1.79. The summed E-state index contributed by atoms with van der Waals surface area (Å²) in [6, 6.07) is 20.4. The van der Waals surface area contributed by atoms with Crippen LogP contribution in [-0.4, -0.2) is 27.5 Å². The third kappa shape index (κ3) is 5.45. The van der Waals surface area contributed by atoms with Gasteiger partial charge < -0.3 is 10.1 Å². The van der Waals surface area contributed by atoms with E-state index in [-0.39, 0.29) is 4.90 Å². The Bertz CT molecular complexity index is 1160. The molecule has 0 aliphatic carbocycles. The van der Waals surface area contributed by atoms with E-state index in [1.165, 1.54) is 12.1 Å². The van der Waals surface area contributed by atoms with Crippen molar-refractivity contribution in [1.29, 1.82) is 0 Å². The highest BCUT2D eigenvalue weighted by Crippen LogP contribution is 2.32. The standard InChI is InChI=1S/C23H23BrN2O4S/c1-3-30-22-11-7-6-10-21(22)26(31(28,29)18-14-12-17(2)13-15-18)16-23(27)25-20-9-5-4-8-19(20)24/h4-15H,3,16H2,1-2H3,(H,25,27). The first-order chi connectivity index (χ1) is 14.8. The molecule has 1 amide bonds. The number of carbonyl (C=O) groups excluding carboxylic acids is 1. The summed E-state index contributed by atoms with van der Waals surface area (Å²) in [6.45, 7) is 3.64. The van der Waals surface area contributed by atoms with Crippen molar-refractivity contribution in [1.82, 2.24) is 0 Å². The summed E-state index contributed by atoms with van der Waals surface area (Å²) in [4.78, 5) is 13.0. The average Bonchev–Trinajstić information content (AvgIpc) is 2.75. The fourth-order valence-corrected chi connectivity index (χ4v) is 4.78. The molecule has 8 heteroatoms. The quantitative estimate of drug-likeness (QED) is 0.470. The summed E-state index contributed by atoms with van der Waals surface area (Å²) in [7, 11) is -4.03. The van der Waals surface area contributed by atoms with Crippen molar-refractivity contribution in [3.05, 3.63) is 82.8 Å². The van der Waals surface area contributed by atoms with Gasteiger partial charge in [-0.2, -0.15) is 0 Å². The molecule has 0 heterocycles. The van der Waals surface area contributed by atoms with Gasteiger partial charge in [0.05, 0.1) is 22.9 Å². The molecule has 0 aliphatic rings. The van der Waals surface area contributed by atoms with Crippen LogP contribution in [0.15, 0.2) is 82.2 Å². The van der Waals surface area contributed by atoms with Crippen LogP contribution in [0.4, 0.5) is 11.4 Å². The molecular weight excluding hydrogens is 480 g/mol. The minimum Gasteiger partial charge on any atom is -0.492 e. The van der Waals surface area contributed by atoms with E-state index < -0.39 is 22.5 Å². The van der Waals surface area contributed by atoms with Gasteiger partial charge in [-0.1, -0.05) is 42.0 Å². The van der Waals surface area contributed by atoms with Crippen molar-refractivity contribution in [2.75, 3.05) is 22.8 Å². The van der Waals surface area contributed by atoms with Gasteiger partial charge in [0, 0.05) is 4.47 Å². The van der Waals surface area contributed by atoms with E-state index in [0.717, 1.165) is 9.87 Å². The predicted molar refractivity (Wildman–Crippen MR) is 126 cm³/mol. The zero-order valence-electron chi connectivity index (χ0n) is 17.2. The van der Waals surface area contributed by atoms with Gasteiger partial charge in [0.1, 0.15) is 12.3 Å². The zero-order valence-corrected chi connectivity index (χ0v) is 19.6. The highest BCUT2D eigenvalue weighted by atomic mass is 79.9. The smallest absolute Gasteiger partial charge is 0.264 e. The topological polar surface area (TPSA) is 75.7 Å². The van der Waals surface area contributed by atoms with Gasteiger partial charge in [0.25, 0.3) is 10.0 Å². The molecular formula is C23H23BrN2O4S. The van der Waals surface area contributed by atoms with Gasteiger partial charge in [-0.15, -0.1) is 0 Å². The van der Waals surface area contributed by atoms with Gasteiger partial charge in [0.2, 0.25) is 5.91 Å². The molecule has 6 nitrogen and oxygen atoms in total. The van der Waals surface area contributed by atoms with Crippen molar-refractivity contribution in [3.63, 3.8) is 0 Å². The number of hydrogen-bond donors (Lipinski definition) is 1. The number of nitrogens with zero attached hydrogens (tertiary/aromatic N) is 1. The number of benzene rings is 3. The van der Waals surface area contributed by atoms with Crippen LogP contribution in [0.1, 0.15) is 12.5 Å². The van der Waals surface area contributed by atoms with E-state index in [9.17, 15) is 13.2 Å². The van der Waals surface area contributed by atoms with Crippen molar-refractivity contribution in [2.24, 2.45) is 0 Å². The van der Waals surface area contributed by atoms with Crippen molar-refractivity contribution < 1.29 is 17.9 Å². The van der Waals surface area contributed by atoms with Crippen LogP contribution in [0, 0.1) is 6.92 Å². The number of aryl methyl sites for hydroxylation is 1. The molecule has 0 aliphatic heterocycles. The van der Waals surface area contributed by atoms with Crippen molar-refractivity contribution in [3.8, 4) is 5.75 Å². The third-order valence-electron chi connectivity index (χ3n) is 4.48. The molecule has 3 rings (SSSR count). The second-order valence-electron chi connectivity index (χ2n) is 6.75. The monoisotopic (exact) mass is 502 g/mol. The molecule has 3 aromatic carbocycles. The molecule has 31 heavy (non-hydrogen) atoms. The Morgan fingerprint density at radius 1 is 1.00 bits per heavy atom. The fourth-order valence-electron chi connectivity index (χ4n) is 2.96. The summed E-state index contributed by atoms with van der Waals surface area (Å²) >= 11 is 3.38. The number of rotatable bonds is 8. The number of para-hydroxylation sites is 3. The first kappa shape index (κ1) is 22.8. The Hall–Kier alpha value is -2.84. The number of carbonyl (C=O) groups is 1. The second-order valence-corrected chi connectivity index (χ2v) is 9.47. The average molecular weight is 503 g/mol. The van der Waals surface area contributed by atoms with Crippen LogP contribution in [0.3, 0.4) is 0 Å². The largest absolute Gasteiger partial charge is 0.492 e. The van der Waals surface area contributed by atoms with E-state index in [1.807, 2.05) is 19.9 Å². The molecule has 162 valence electrons. The van der Waals surface area contributed by atoms with Gasteiger partial charge in [-0.3, -0.25) is 9.10 Å². The van der Waals surface area contributed by atoms with Crippen LogP contribution in [0.2, 0.25) is 0 Å². The summed E-state index contributed by atoms with van der Waals surface area (Å²) in [5, 5.41) is 2.76. The maximum Gasteiger partial charge on any atom is 0.264 e. The Balaban J connectivity index is 2.01.